The lowest BCUT2D eigenvalue weighted by atomic mass is 10.1. The van der Waals surface area contributed by atoms with Gasteiger partial charge in [0, 0.05) is 22.5 Å². The first-order valence-corrected chi connectivity index (χ1v) is 7.20. The predicted molar refractivity (Wildman–Crippen MR) is 79.1 cm³/mol. The van der Waals surface area contributed by atoms with E-state index in [9.17, 15) is 10.2 Å². The molecule has 5 heteroatoms. The molecule has 1 heterocycles. The van der Waals surface area contributed by atoms with Gasteiger partial charge in [-0.05, 0) is 44.2 Å². The molecular weight excluding hydrogens is 282 g/mol. The van der Waals surface area contributed by atoms with Crippen molar-refractivity contribution in [3.63, 3.8) is 0 Å². The van der Waals surface area contributed by atoms with Gasteiger partial charge in [-0.15, -0.1) is 11.3 Å². The molecule has 3 N–H and O–H groups in total. The quantitative estimate of drug-likeness (QED) is 0.740. The van der Waals surface area contributed by atoms with Crippen molar-refractivity contribution in [2.24, 2.45) is 0 Å². The molecule has 2 unspecified atom stereocenters. The molecule has 2 atom stereocenters. The standard InChI is InChI=1S/C14H16ClNO2S/c1-8(11-7-10(17)3-4-12(11)18)16-9(2)13-5-6-14(15)19-13/h3-9,16-18H,1-2H3. The molecule has 3 nitrogen and oxygen atoms in total. The molecule has 0 aliphatic heterocycles. The highest BCUT2D eigenvalue weighted by molar-refractivity contribution is 7.16. The smallest absolute Gasteiger partial charge is 0.120 e. The van der Waals surface area contributed by atoms with E-state index in [4.69, 9.17) is 11.6 Å². The number of thiophene rings is 1. The third kappa shape index (κ3) is 3.41. The molecule has 0 spiro atoms. The Morgan fingerprint density at radius 1 is 1.11 bits per heavy atom. The van der Waals surface area contributed by atoms with Crippen LogP contribution in [0.3, 0.4) is 0 Å². The van der Waals surface area contributed by atoms with E-state index in [1.54, 1.807) is 6.07 Å². The summed E-state index contributed by atoms with van der Waals surface area (Å²) in [6.45, 7) is 3.98. The van der Waals surface area contributed by atoms with E-state index in [1.165, 1.54) is 23.5 Å². The van der Waals surface area contributed by atoms with E-state index in [1.807, 2.05) is 26.0 Å². The summed E-state index contributed by atoms with van der Waals surface area (Å²) in [5, 5.41) is 22.7. The molecule has 0 radical (unpaired) electrons. The number of phenols is 2. The van der Waals surface area contributed by atoms with E-state index in [0.29, 0.717) is 5.56 Å². The summed E-state index contributed by atoms with van der Waals surface area (Å²) in [6, 6.07) is 8.43. The van der Waals surface area contributed by atoms with Gasteiger partial charge in [-0.1, -0.05) is 11.6 Å². The average molecular weight is 298 g/mol. The highest BCUT2D eigenvalue weighted by Gasteiger charge is 2.15. The topological polar surface area (TPSA) is 52.5 Å². The lowest BCUT2D eigenvalue weighted by Crippen LogP contribution is -2.21. The van der Waals surface area contributed by atoms with E-state index in [0.717, 1.165) is 9.21 Å². The summed E-state index contributed by atoms with van der Waals surface area (Å²) in [5.74, 6) is 0.322. The van der Waals surface area contributed by atoms with Gasteiger partial charge in [0.15, 0.2) is 0 Å². The van der Waals surface area contributed by atoms with Crippen LogP contribution in [-0.2, 0) is 0 Å². The van der Waals surface area contributed by atoms with Crippen molar-refractivity contribution in [1.29, 1.82) is 0 Å². The molecule has 1 aromatic heterocycles. The minimum atomic E-state index is -0.0806. The van der Waals surface area contributed by atoms with Crippen LogP contribution in [0.2, 0.25) is 4.34 Å². The molecule has 0 bridgehead atoms. The molecule has 0 fully saturated rings. The molecule has 0 aliphatic rings. The number of halogens is 1. The van der Waals surface area contributed by atoms with Gasteiger partial charge in [0.1, 0.15) is 11.5 Å². The van der Waals surface area contributed by atoms with Crippen molar-refractivity contribution in [2.45, 2.75) is 25.9 Å². The van der Waals surface area contributed by atoms with Crippen LogP contribution in [0.4, 0.5) is 0 Å². The second kappa shape index (κ2) is 5.82. The van der Waals surface area contributed by atoms with Gasteiger partial charge in [0.05, 0.1) is 4.34 Å². The lowest BCUT2D eigenvalue weighted by Gasteiger charge is -2.20. The van der Waals surface area contributed by atoms with Crippen LogP contribution in [0.1, 0.15) is 36.4 Å². The summed E-state index contributed by atoms with van der Waals surface area (Å²) >= 11 is 7.45. The fourth-order valence-electron chi connectivity index (χ4n) is 2.00. The normalized spacial score (nSPS) is 14.3. The first-order chi connectivity index (χ1) is 8.97. The van der Waals surface area contributed by atoms with Crippen molar-refractivity contribution in [3.05, 3.63) is 45.1 Å². The highest BCUT2D eigenvalue weighted by Crippen LogP contribution is 2.31. The minimum Gasteiger partial charge on any atom is -0.508 e. The number of rotatable bonds is 4. The maximum Gasteiger partial charge on any atom is 0.120 e. The third-order valence-electron chi connectivity index (χ3n) is 3.00. The van der Waals surface area contributed by atoms with Gasteiger partial charge in [-0.2, -0.15) is 0 Å². The Morgan fingerprint density at radius 3 is 2.47 bits per heavy atom. The van der Waals surface area contributed by atoms with Crippen molar-refractivity contribution in [2.75, 3.05) is 0 Å². The first kappa shape index (κ1) is 14.2. The zero-order chi connectivity index (χ0) is 14.0. The summed E-state index contributed by atoms with van der Waals surface area (Å²) in [6.07, 6.45) is 0. The lowest BCUT2D eigenvalue weighted by molar-refractivity contribution is 0.430. The zero-order valence-corrected chi connectivity index (χ0v) is 12.3. The summed E-state index contributed by atoms with van der Waals surface area (Å²) in [7, 11) is 0. The van der Waals surface area contributed by atoms with Gasteiger partial charge in [0.2, 0.25) is 0 Å². The highest BCUT2D eigenvalue weighted by atomic mass is 35.5. The zero-order valence-electron chi connectivity index (χ0n) is 10.7. The maximum atomic E-state index is 9.82. The molecule has 1 aromatic carbocycles. The summed E-state index contributed by atoms with van der Waals surface area (Å²) < 4.78 is 0.761. The van der Waals surface area contributed by atoms with Crippen LogP contribution >= 0.6 is 22.9 Å². The Kier molecular flexibility index (Phi) is 4.34. The fraction of sp³-hybridized carbons (Fsp3) is 0.286. The van der Waals surface area contributed by atoms with Crippen molar-refractivity contribution in [1.82, 2.24) is 5.32 Å². The van der Waals surface area contributed by atoms with Crippen LogP contribution in [0.15, 0.2) is 30.3 Å². The van der Waals surface area contributed by atoms with Gasteiger partial charge in [-0.3, -0.25) is 0 Å². The molecule has 0 saturated carbocycles. The van der Waals surface area contributed by atoms with Gasteiger partial charge in [-0.25, -0.2) is 0 Å². The largest absolute Gasteiger partial charge is 0.508 e. The number of nitrogens with one attached hydrogen (secondary N) is 1. The molecule has 2 rings (SSSR count). The number of hydrogen-bond acceptors (Lipinski definition) is 4. The van der Waals surface area contributed by atoms with Crippen LogP contribution in [0, 0.1) is 0 Å². The van der Waals surface area contributed by atoms with E-state index in [2.05, 4.69) is 5.32 Å². The SMILES string of the molecule is CC(NC(C)c1cc(O)ccc1O)c1ccc(Cl)s1. The van der Waals surface area contributed by atoms with Crippen LogP contribution < -0.4 is 5.32 Å². The van der Waals surface area contributed by atoms with Crippen molar-refractivity contribution in [3.8, 4) is 11.5 Å². The van der Waals surface area contributed by atoms with E-state index >= 15 is 0 Å². The second-order valence-corrected chi connectivity index (χ2v) is 6.24. The predicted octanol–water partition coefficient (Wildman–Crippen LogP) is 4.22. The van der Waals surface area contributed by atoms with Crippen molar-refractivity contribution >= 4 is 22.9 Å². The fourth-order valence-corrected chi connectivity index (χ4v) is 3.07. The average Bonchev–Trinajstić information content (AvgIpc) is 2.79. The van der Waals surface area contributed by atoms with E-state index < -0.39 is 0 Å². The number of benzene rings is 1. The van der Waals surface area contributed by atoms with Gasteiger partial charge < -0.3 is 15.5 Å². The number of hydrogen-bond donors (Lipinski definition) is 3. The molecule has 0 saturated heterocycles. The number of phenolic OH excluding ortho intramolecular Hbond substituents is 2. The Morgan fingerprint density at radius 2 is 1.84 bits per heavy atom. The Bertz CT molecular complexity index is 570. The van der Waals surface area contributed by atoms with Crippen LogP contribution in [0.5, 0.6) is 11.5 Å². The van der Waals surface area contributed by atoms with Crippen molar-refractivity contribution < 1.29 is 10.2 Å². The molecule has 2 aromatic rings. The first-order valence-electron chi connectivity index (χ1n) is 6.00. The Balaban J connectivity index is 2.12. The molecule has 0 aliphatic carbocycles. The third-order valence-corrected chi connectivity index (χ3v) is 4.41. The summed E-state index contributed by atoms with van der Waals surface area (Å²) in [4.78, 5) is 1.14. The molecular formula is C14H16ClNO2S. The molecule has 0 amide bonds. The Hall–Kier alpha value is -1.23. The molecule has 19 heavy (non-hydrogen) atoms. The van der Waals surface area contributed by atoms with Crippen LogP contribution in [-0.4, -0.2) is 10.2 Å². The number of aromatic hydroxyl groups is 2. The maximum absolute atomic E-state index is 9.82. The molecule has 102 valence electrons. The summed E-state index contributed by atoms with van der Waals surface area (Å²) in [5.41, 5.74) is 0.675. The minimum absolute atomic E-state index is 0.0806. The Labute approximate surface area is 121 Å². The van der Waals surface area contributed by atoms with Gasteiger partial charge >= 0.3 is 0 Å². The second-order valence-electron chi connectivity index (χ2n) is 4.50. The van der Waals surface area contributed by atoms with E-state index in [-0.39, 0.29) is 23.6 Å². The van der Waals surface area contributed by atoms with Gasteiger partial charge in [0.25, 0.3) is 0 Å². The van der Waals surface area contributed by atoms with Crippen LogP contribution in [0.25, 0.3) is 0 Å². The monoisotopic (exact) mass is 297 g/mol.